The predicted octanol–water partition coefficient (Wildman–Crippen LogP) is 2.74. The number of amides is 1. The second-order valence-electron chi connectivity index (χ2n) is 5.75. The van der Waals surface area contributed by atoms with Gasteiger partial charge in [-0.1, -0.05) is 18.2 Å². The Kier molecular flexibility index (Phi) is 4.08. The molecule has 0 atom stereocenters. The van der Waals surface area contributed by atoms with Crippen LogP contribution in [0.25, 0.3) is 11.4 Å². The van der Waals surface area contributed by atoms with Crippen LogP contribution in [0.15, 0.2) is 30.6 Å². The Labute approximate surface area is 143 Å². The van der Waals surface area contributed by atoms with Crippen molar-refractivity contribution in [3.8, 4) is 11.4 Å². The molecular formula is C17H17N5OS. The number of aromatic nitrogens is 4. The average molecular weight is 339 g/mol. The molecule has 0 spiro atoms. The SMILES string of the molecule is O=C(NCc1nc2c(s1)CCCC2)c1ccccc1-c1ncn[nH]1. The first-order valence-corrected chi connectivity index (χ1v) is 8.83. The maximum Gasteiger partial charge on any atom is 0.252 e. The zero-order valence-electron chi connectivity index (χ0n) is 13.1. The molecule has 7 heteroatoms. The van der Waals surface area contributed by atoms with E-state index in [2.05, 4.69) is 25.5 Å². The van der Waals surface area contributed by atoms with Crippen LogP contribution in [-0.4, -0.2) is 26.1 Å². The van der Waals surface area contributed by atoms with Gasteiger partial charge in [-0.05, 0) is 31.7 Å². The lowest BCUT2D eigenvalue weighted by atomic mass is 10.0. The number of rotatable bonds is 4. The van der Waals surface area contributed by atoms with E-state index in [9.17, 15) is 4.79 Å². The fraction of sp³-hybridized carbons (Fsp3) is 0.294. The number of carbonyl (C=O) groups excluding carboxylic acids is 1. The Hall–Kier alpha value is -2.54. The maximum absolute atomic E-state index is 12.6. The Morgan fingerprint density at radius 2 is 2.12 bits per heavy atom. The molecule has 0 fully saturated rings. The highest BCUT2D eigenvalue weighted by Gasteiger charge is 2.17. The van der Waals surface area contributed by atoms with Crippen LogP contribution < -0.4 is 5.32 Å². The zero-order valence-corrected chi connectivity index (χ0v) is 13.9. The number of hydrogen-bond donors (Lipinski definition) is 2. The molecule has 2 N–H and O–H groups in total. The standard InChI is InChI=1S/C17H17N5OS/c23-17(12-6-2-1-5-11(12)16-19-10-20-22-16)18-9-15-21-13-7-3-4-8-14(13)24-15/h1-2,5-6,10H,3-4,7-9H2,(H,18,23)(H,19,20,22). The van der Waals surface area contributed by atoms with E-state index in [1.807, 2.05) is 18.2 Å². The van der Waals surface area contributed by atoms with E-state index in [0.717, 1.165) is 23.4 Å². The van der Waals surface area contributed by atoms with E-state index >= 15 is 0 Å². The number of nitrogens with one attached hydrogen (secondary N) is 2. The number of benzene rings is 1. The van der Waals surface area contributed by atoms with Gasteiger partial charge in [0.15, 0.2) is 5.82 Å². The monoisotopic (exact) mass is 339 g/mol. The highest BCUT2D eigenvalue weighted by atomic mass is 32.1. The van der Waals surface area contributed by atoms with E-state index < -0.39 is 0 Å². The number of nitrogens with zero attached hydrogens (tertiary/aromatic N) is 3. The van der Waals surface area contributed by atoms with Crippen molar-refractivity contribution in [2.24, 2.45) is 0 Å². The van der Waals surface area contributed by atoms with Gasteiger partial charge in [-0.25, -0.2) is 9.97 Å². The van der Waals surface area contributed by atoms with Crippen LogP contribution in [0.3, 0.4) is 0 Å². The van der Waals surface area contributed by atoms with Gasteiger partial charge in [0.1, 0.15) is 11.3 Å². The summed E-state index contributed by atoms with van der Waals surface area (Å²) < 4.78 is 0. The van der Waals surface area contributed by atoms with Gasteiger partial charge >= 0.3 is 0 Å². The largest absolute Gasteiger partial charge is 0.346 e. The van der Waals surface area contributed by atoms with Crippen LogP contribution in [0.4, 0.5) is 0 Å². The Morgan fingerprint density at radius 3 is 2.96 bits per heavy atom. The van der Waals surface area contributed by atoms with Gasteiger partial charge in [0, 0.05) is 10.4 Å². The normalized spacial score (nSPS) is 13.5. The summed E-state index contributed by atoms with van der Waals surface area (Å²) in [6.45, 7) is 0.460. The van der Waals surface area contributed by atoms with E-state index in [1.54, 1.807) is 17.4 Å². The highest BCUT2D eigenvalue weighted by molar-refractivity contribution is 7.11. The number of aryl methyl sites for hydroxylation is 2. The molecule has 0 aliphatic heterocycles. The van der Waals surface area contributed by atoms with Crippen LogP contribution in [0.5, 0.6) is 0 Å². The highest BCUT2D eigenvalue weighted by Crippen LogP contribution is 2.26. The fourth-order valence-corrected chi connectivity index (χ4v) is 4.05. The van der Waals surface area contributed by atoms with Crippen molar-refractivity contribution < 1.29 is 4.79 Å². The molecule has 1 aromatic carbocycles. The third kappa shape index (κ3) is 2.94. The molecule has 0 radical (unpaired) electrons. The van der Waals surface area contributed by atoms with Crippen molar-refractivity contribution in [2.45, 2.75) is 32.2 Å². The van der Waals surface area contributed by atoms with Gasteiger partial charge in [0.25, 0.3) is 5.91 Å². The van der Waals surface area contributed by atoms with Crippen molar-refractivity contribution in [1.82, 2.24) is 25.5 Å². The first-order chi connectivity index (χ1) is 11.8. The fourth-order valence-electron chi connectivity index (χ4n) is 2.96. The number of fused-ring (bicyclic) bond motifs is 1. The lowest BCUT2D eigenvalue weighted by molar-refractivity contribution is 0.0951. The second kappa shape index (κ2) is 6.52. The van der Waals surface area contributed by atoms with Crippen molar-refractivity contribution in [2.75, 3.05) is 0 Å². The summed E-state index contributed by atoms with van der Waals surface area (Å²) in [6, 6.07) is 7.37. The smallest absolute Gasteiger partial charge is 0.252 e. The molecule has 0 bridgehead atoms. The molecule has 2 heterocycles. The summed E-state index contributed by atoms with van der Waals surface area (Å²) in [5.41, 5.74) is 2.54. The second-order valence-corrected chi connectivity index (χ2v) is 6.92. The molecule has 4 rings (SSSR count). The van der Waals surface area contributed by atoms with Gasteiger partial charge < -0.3 is 5.32 Å². The number of H-pyrrole nitrogens is 1. The average Bonchev–Trinajstić information content (AvgIpc) is 3.28. The molecule has 2 aromatic heterocycles. The molecular weight excluding hydrogens is 322 g/mol. The quantitative estimate of drug-likeness (QED) is 0.765. The first-order valence-electron chi connectivity index (χ1n) is 8.01. The molecule has 3 aromatic rings. The number of thiazole rings is 1. The topological polar surface area (TPSA) is 83.6 Å². The minimum absolute atomic E-state index is 0.129. The number of aromatic amines is 1. The summed E-state index contributed by atoms with van der Waals surface area (Å²) in [5, 5.41) is 10.6. The lowest BCUT2D eigenvalue weighted by Crippen LogP contribution is -2.23. The summed E-state index contributed by atoms with van der Waals surface area (Å²) >= 11 is 1.72. The molecule has 1 amide bonds. The third-order valence-corrected chi connectivity index (χ3v) is 5.29. The van der Waals surface area contributed by atoms with Crippen LogP contribution >= 0.6 is 11.3 Å². The molecule has 0 unspecified atom stereocenters. The number of carbonyl (C=O) groups is 1. The summed E-state index contributed by atoms with van der Waals surface area (Å²) in [6.07, 6.45) is 6.08. The van der Waals surface area contributed by atoms with Crippen LogP contribution in [0, 0.1) is 0 Å². The molecule has 0 saturated heterocycles. The Bertz CT molecular complexity index is 832. The van der Waals surface area contributed by atoms with Crippen LogP contribution in [0.1, 0.15) is 38.8 Å². The molecule has 122 valence electrons. The Balaban J connectivity index is 1.50. The molecule has 1 aliphatic rings. The van der Waals surface area contributed by atoms with Gasteiger partial charge in [0.2, 0.25) is 0 Å². The number of hydrogen-bond acceptors (Lipinski definition) is 5. The minimum Gasteiger partial charge on any atom is -0.346 e. The molecule has 24 heavy (non-hydrogen) atoms. The lowest BCUT2D eigenvalue weighted by Gasteiger charge is -2.07. The van der Waals surface area contributed by atoms with Gasteiger partial charge in [-0.3, -0.25) is 9.89 Å². The van der Waals surface area contributed by atoms with Gasteiger partial charge in [0.05, 0.1) is 17.8 Å². The summed E-state index contributed by atoms with van der Waals surface area (Å²) in [7, 11) is 0. The minimum atomic E-state index is -0.129. The van der Waals surface area contributed by atoms with Gasteiger partial charge in [-0.15, -0.1) is 11.3 Å². The first kappa shape index (κ1) is 15.0. The van der Waals surface area contributed by atoms with Crippen molar-refractivity contribution >= 4 is 17.2 Å². The van der Waals surface area contributed by atoms with Crippen molar-refractivity contribution in [3.63, 3.8) is 0 Å². The third-order valence-electron chi connectivity index (χ3n) is 4.13. The van der Waals surface area contributed by atoms with E-state index in [1.165, 1.54) is 29.7 Å². The zero-order chi connectivity index (χ0) is 16.4. The molecule has 1 aliphatic carbocycles. The van der Waals surface area contributed by atoms with Crippen molar-refractivity contribution in [1.29, 1.82) is 0 Å². The molecule has 0 saturated carbocycles. The van der Waals surface area contributed by atoms with Crippen molar-refractivity contribution in [3.05, 3.63) is 51.7 Å². The van der Waals surface area contributed by atoms with E-state index in [0.29, 0.717) is 17.9 Å². The Morgan fingerprint density at radius 1 is 1.25 bits per heavy atom. The van der Waals surface area contributed by atoms with E-state index in [4.69, 9.17) is 0 Å². The molecule has 6 nitrogen and oxygen atoms in total. The summed E-state index contributed by atoms with van der Waals surface area (Å²) in [5.74, 6) is 0.459. The van der Waals surface area contributed by atoms with E-state index in [-0.39, 0.29) is 5.91 Å². The van der Waals surface area contributed by atoms with Crippen LogP contribution in [0.2, 0.25) is 0 Å². The van der Waals surface area contributed by atoms with Gasteiger partial charge in [-0.2, -0.15) is 5.10 Å². The van der Waals surface area contributed by atoms with Crippen LogP contribution in [-0.2, 0) is 19.4 Å². The summed E-state index contributed by atoms with van der Waals surface area (Å²) in [4.78, 5) is 22.8. The maximum atomic E-state index is 12.6. The predicted molar refractivity (Wildman–Crippen MR) is 91.7 cm³/mol.